The molecule has 1 saturated carbocycles. The van der Waals surface area contributed by atoms with E-state index in [0.29, 0.717) is 74.4 Å². The normalized spacial score (nSPS) is 19.3. The van der Waals surface area contributed by atoms with Gasteiger partial charge < -0.3 is 19.7 Å². The number of hydrogen-bond donors (Lipinski definition) is 1. The molecule has 224 valence electrons. The highest BCUT2D eigenvalue weighted by molar-refractivity contribution is 5.96. The fraction of sp³-hybridized carbons (Fsp3) is 0.375. The van der Waals surface area contributed by atoms with E-state index in [1.807, 2.05) is 0 Å². The third-order valence-corrected chi connectivity index (χ3v) is 7.73. The number of aromatic nitrogens is 1. The van der Waals surface area contributed by atoms with Crippen molar-refractivity contribution in [1.29, 1.82) is 0 Å². The molecular formula is C32H31F3N4O4. The SMILES string of the molecule is [C-]#[N+]c1ccc(OC2CCN(C(=O)c3ccc(C(=O)N[C@H]4CC[C@@H](Oc5ccc(C(F)(F)F)cc5)CC4)nc3)CC2)cc1. The van der Waals surface area contributed by atoms with E-state index in [2.05, 4.69) is 15.1 Å². The van der Waals surface area contributed by atoms with E-state index in [4.69, 9.17) is 16.0 Å². The fourth-order valence-electron chi connectivity index (χ4n) is 5.30. The summed E-state index contributed by atoms with van der Waals surface area (Å²) in [4.78, 5) is 35.2. The number of nitrogens with one attached hydrogen (secondary N) is 1. The second kappa shape index (κ2) is 13.2. The predicted octanol–water partition coefficient (Wildman–Crippen LogP) is 6.45. The van der Waals surface area contributed by atoms with E-state index in [-0.39, 0.29) is 35.8 Å². The molecule has 3 aromatic rings. The molecule has 5 rings (SSSR count). The number of benzene rings is 2. The Bertz CT molecular complexity index is 1440. The molecule has 0 spiro atoms. The van der Waals surface area contributed by atoms with E-state index >= 15 is 0 Å². The van der Waals surface area contributed by atoms with Gasteiger partial charge in [0.2, 0.25) is 0 Å². The number of piperidine rings is 1. The first-order chi connectivity index (χ1) is 20.7. The lowest BCUT2D eigenvalue weighted by atomic mass is 9.92. The van der Waals surface area contributed by atoms with Crippen LogP contribution in [0.15, 0.2) is 66.9 Å². The van der Waals surface area contributed by atoms with E-state index in [0.717, 1.165) is 12.1 Å². The first-order valence-electron chi connectivity index (χ1n) is 14.2. The molecule has 2 aliphatic rings. The van der Waals surface area contributed by atoms with Gasteiger partial charge in [-0.05, 0) is 74.2 Å². The van der Waals surface area contributed by atoms with Crippen molar-refractivity contribution in [2.45, 2.75) is 63.0 Å². The van der Waals surface area contributed by atoms with Crippen LogP contribution in [0, 0.1) is 6.57 Å². The number of halogens is 3. The number of pyridine rings is 1. The average Bonchev–Trinajstić information content (AvgIpc) is 3.02. The lowest BCUT2D eigenvalue weighted by Gasteiger charge is -2.32. The topological polar surface area (TPSA) is 85.1 Å². The molecule has 1 saturated heterocycles. The van der Waals surface area contributed by atoms with Crippen LogP contribution in [-0.4, -0.2) is 53.0 Å². The molecule has 1 aliphatic heterocycles. The third-order valence-electron chi connectivity index (χ3n) is 7.73. The number of carbonyl (C=O) groups excluding carboxylic acids is 2. The minimum absolute atomic E-state index is 0.0153. The zero-order chi connectivity index (χ0) is 30.4. The van der Waals surface area contributed by atoms with Gasteiger partial charge in [-0.3, -0.25) is 14.6 Å². The Morgan fingerprint density at radius 3 is 1.95 bits per heavy atom. The summed E-state index contributed by atoms with van der Waals surface area (Å²) in [6, 6.07) is 14.7. The van der Waals surface area contributed by atoms with Crippen LogP contribution in [0.2, 0.25) is 0 Å². The summed E-state index contributed by atoms with van der Waals surface area (Å²) in [5.74, 6) is 0.620. The summed E-state index contributed by atoms with van der Waals surface area (Å²) in [5, 5.41) is 2.98. The number of nitrogens with zero attached hydrogens (tertiary/aromatic N) is 3. The van der Waals surface area contributed by atoms with E-state index in [9.17, 15) is 22.8 Å². The van der Waals surface area contributed by atoms with Gasteiger partial charge in [-0.25, -0.2) is 4.85 Å². The van der Waals surface area contributed by atoms with Crippen LogP contribution in [0.25, 0.3) is 4.85 Å². The molecule has 0 atom stereocenters. The third kappa shape index (κ3) is 7.83. The van der Waals surface area contributed by atoms with Crippen LogP contribution in [0.5, 0.6) is 11.5 Å². The average molecular weight is 593 g/mol. The maximum Gasteiger partial charge on any atom is 0.416 e. The molecule has 0 bridgehead atoms. The Morgan fingerprint density at radius 2 is 1.42 bits per heavy atom. The van der Waals surface area contributed by atoms with Gasteiger partial charge in [0, 0.05) is 38.2 Å². The first-order valence-corrected chi connectivity index (χ1v) is 14.2. The molecule has 1 aromatic heterocycles. The van der Waals surface area contributed by atoms with Gasteiger partial charge in [-0.1, -0.05) is 12.1 Å². The molecule has 43 heavy (non-hydrogen) atoms. The molecule has 8 nitrogen and oxygen atoms in total. The minimum atomic E-state index is -4.39. The molecular weight excluding hydrogens is 561 g/mol. The van der Waals surface area contributed by atoms with E-state index in [1.165, 1.54) is 18.3 Å². The number of rotatable bonds is 7. The largest absolute Gasteiger partial charge is 0.490 e. The van der Waals surface area contributed by atoms with Gasteiger partial charge in [-0.15, -0.1) is 0 Å². The van der Waals surface area contributed by atoms with E-state index in [1.54, 1.807) is 41.3 Å². The van der Waals surface area contributed by atoms with Crippen LogP contribution in [0.1, 0.15) is 64.9 Å². The van der Waals surface area contributed by atoms with Crippen molar-refractivity contribution in [3.05, 3.63) is 95.1 Å². The standard InChI is InChI=1S/C32H31F3N4O4/c1-36-23-5-11-26(12-6-23)43-28-16-18-39(19-17-28)31(41)21-2-15-29(37-20-21)30(40)38-24-7-13-27(14-8-24)42-25-9-3-22(4-10-25)32(33,34)35/h2-6,9-12,15,20,24,27-28H,7-8,13-14,16-19H2,(H,38,40)/t24-,27+. The Balaban J connectivity index is 1.04. The summed E-state index contributed by atoms with van der Waals surface area (Å²) >= 11 is 0. The molecule has 0 unspecified atom stereocenters. The van der Waals surface area contributed by atoms with Gasteiger partial charge >= 0.3 is 6.18 Å². The maximum atomic E-state index is 13.0. The number of ether oxygens (including phenoxy) is 2. The van der Waals surface area contributed by atoms with Crippen LogP contribution in [-0.2, 0) is 6.18 Å². The summed E-state index contributed by atoms with van der Waals surface area (Å²) in [6.45, 7) is 8.11. The highest BCUT2D eigenvalue weighted by Crippen LogP contribution is 2.31. The number of likely N-dealkylation sites (tertiary alicyclic amines) is 1. The predicted molar refractivity (Wildman–Crippen MR) is 152 cm³/mol. The Kier molecular flexibility index (Phi) is 9.14. The van der Waals surface area contributed by atoms with Gasteiger partial charge in [0.05, 0.1) is 23.8 Å². The molecule has 1 aliphatic carbocycles. The lowest BCUT2D eigenvalue weighted by Crippen LogP contribution is -2.42. The van der Waals surface area contributed by atoms with Crippen molar-refractivity contribution in [2.24, 2.45) is 0 Å². The van der Waals surface area contributed by atoms with Crippen molar-refractivity contribution in [1.82, 2.24) is 15.2 Å². The van der Waals surface area contributed by atoms with Crippen LogP contribution < -0.4 is 14.8 Å². The molecule has 2 heterocycles. The number of alkyl halides is 3. The summed E-state index contributed by atoms with van der Waals surface area (Å²) in [6.07, 6.45) is 0.895. The second-order valence-electron chi connectivity index (χ2n) is 10.7. The minimum Gasteiger partial charge on any atom is -0.490 e. The smallest absolute Gasteiger partial charge is 0.416 e. The van der Waals surface area contributed by atoms with Crippen molar-refractivity contribution in [3.8, 4) is 11.5 Å². The second-order valence-corrected chi connectivity index (χ2v) is 10.7. The first kappa shape index (κ1) is 29.9. The Morgan fingerprint density at radius 1 is 0.837 bits per heavy atom. The fourth-order valence-corrected chi connectivity index (χ4v) is 5.30. The van der Waals surface area contributed by atoms with Crippen LogP contribution in [0.4, 0.5) is 18.9 Å². The van der Waals surface area contributed by atoms with Gasteiger partial charge in [0.1, 0.15) is 23.3 Å². The lowest BCUT2D eigenvalue weighted by molar-refractivity contribution is -0.137. The van der Waals surface area contributed by atoms with Gasteiger partial charge in [0.15, 0.2) is 5.69 Å². The summed E-state index contributed by atoms with van der Waals surface area (Å²) in [5.41, 5.74) is 0.465. The summed E-state index contributed by atoms with van der Waals surface area (Å²) in [7, 11) is 0. The molecule has 11 heteroatoms. The highest BCUT2D eigenvalue weighted by atomic mass is 19.4. The Labute approximate surface area is 247 Å². The summed E-state index contributed by atoms with van der Waals surface area (Å²) < 4.78 is 50.1. The van der Waals surface area contributed by atoms with Crippen molar-refractivity contribution in [2.75, 3.05) is 13.1 Å². The van der Waals surface area contributed by atoms with Crippen LogP contribution in [0.3, 0.4) is 0 Å². The molecule has 0 radical (unpaired) electrons. The van der Waals surface area contributed by atoms with Crippen LogP contribution >= 0.6 is 0 Å². The molecule has 2 aromatic carbocycles. The maximum absolute atomic E-state index is 13.0. The van der Waals surface area contributed by atoms with Crippen molar-refractivity contribution in [3.63, 3.8) is 0 Å². The zero-order valence-electron chi connectivity index (χ0n) is 23.3. The van der Waals surface area contributed by atoms with E-state index < -0.39 is 11.7 Å². The number of hydrogen-bond acceptors (Lipinski definition) is 5. The van der Waals surface area contributed by atoms with Gasteiger partial charge in [-0.2, -0.15) is 13.2 Å². The van der Waals surface area contributed by atoms with Crippen molar-refractivity contribution < 1.29 is 32.2 Å². The molecule has 2 fully saturated rings. The monoisotopic (exact) mass is 592 g/mol. The highest BCUT2D eigenvalue weighted by Gasteiger charge is 2.31. The molecule has 2 amide bonds. The quantitative estimate of drug-likeness (QED) is 0.319. The number of carbonyl (C=O) groups is 2. The number of amides is 2. The van der Waals surface area contributed by atoms with Crippen molar-refractivity contribution >= 4 is 17.5 Å². The Hall–Kier alpha value is -4.59. The zero-order valence-corrected chi connectivity index (χ0v) is 23.3. The molecule has 1 N–H and O–H groups in total. The van der Waals surface area contributed by atoms with Gasteiger partial charge in [0.25, 0.3) is 11.8 Å².